The van der Waals surface area contributed by atoms with Crippen LogP contribution in [-0.2, 0) is 4.74 Å². The van der Waals surface area contributed by atoms with Gasteiger partial charge in [-0.25, -0.2) is 0 Å². The summed E-state index contributed by atoms with van der Waals surface area (Å²) in [6.07, 6.45) is 13.3. The first-order chi connectivity index (χ1) is 10.5. The number of aliphatic hydroxyl groups excluding tert-OH is 1. The molecule has 120 valence electrons. The summed E-state index contributed by atoms with van der Waals surface area (Å²) in [5, 5.41) is 21.8. The van der Waals surface area contributed by atoms with Gasteiger partial charge in [0.05, 0.1) is 11.7 Å². The zero-order valence-electron chi connectivity index (χ0n) is 13.3. The lowest BCUT2D eigenvalue weighted by Gasteiger charge is -2.47. The van der Waals surface area contributed by atoms with Crippen molar-refractivity contribution >= 4 is 0 Å². The zero-order chi connectivity index (χ0) is 15.2. The van der Waals surface area contributed by atoms with Crippen LogP contribution in [0.5, 0.6) is 0 Å². The fraction of sp³-hybridized carbons (Fsp3) is 0.789. The summed E-state index contributed by atoms with van der Waals surface area (Å²) in [4.78, 5) is 0. The Morgan fingerprint density at radius 1 is 1.27 bits per heavy atom. The van der Waals surface area contributed by atoms with Crippen molar-refractivity contribution in [1.29, 1.82) is 0 Å². The van der Waals surface area contributed by atoms with Gasteiger partial charge in [0.25, 0.3) is 0 Å². The Balaban J connectivity index is 1.56. The molecule has 0 aromatic heterocycles. The van der Waals surface area contributed by atoms with Crippen molar-refractivity contribution < 1.29 is 14.9 Å². The van der Waals surface area contributed by atoms with Gasteiger partial charge in [0.15, 0.2) is 0 Å². The summed E-state index contributed by atoms with van der Waals surface area (Å²) in [5.41, 5.74) is 0.394. The lowest BCUT2D eigenvalue weighted by atomic mass is 9.60. The minimum atomic E-state index is -0.701. The van der Waals surface area contributed by atoms with Crippen LogP contribution in [0.4, 0.5) is 0 Å². The van der Waals surface area contributed by atoms with E-state index in [-0.39, 0.29) is 23.2 Å². The van der Waals surface area contributed by atoms with E-state index in [4.69, 9.17) is 4.74 Å². The second-order valence-corrected chi connectivity index (χ2v) is 8.61. The Bertz CT molecular complexity index is 581. The van der Waals surface area contributed by atoms with E-state index in [1.807, 2.05) is 0 Å². The molecule has 4 aliphatic carbocycles. The third-order valence-corrected chi connectivity index (χ3v) is 7.48. The molecule has 1 heterocycles. The highest BCUT2D eigenvalue weighted by Gasteiger charge is 2.70. The molecule has 0 bridgehead atoms. The summed E-state index contributed by atoms with van der Waals surface area (Å²) in [6.45, 7) is 2.29. The van der Waals surface area contributed by atoms with E-state index in [0.717, 1.165) is 50.5 Å². The van der Waals surface area contributed by atoms with Gasteiger partial charge in [-0.05, 0) is 55.4 Å². The van der Waals surface area contributed by atoms with Crippen LogP contribution in [-0.4, -0.2) is 33.6 Å². The van der Waals surface area contributed by atoms with E-state index < -0.39 is 5.60 Å². The van der Waals surface area contributed by atoms with Crippen molar-refractivity contribution in [3.8, 4) is 0 Å². The van der Waals surface area contributed by atoms with Crippen LogP contribution in [0.25, 0.3) is 0 Å². The van der Waals surface area contributed by atoms with Gasteiger partial charge in [-0.15, -0.1) is 0 Å². The maximum absolute atomic E-state index is 11.7. The number of ether oxygens (including phenoxy) is 1. The van der Waals surface area contributed by atoms with Gasteiger partial charge in [0.1, 0.15) is 11.7 Å². The fourth-order valence-electron chi connectivity index (χ4n) is 6.21. The van der Waals surface area contributed by atoms with Gasteiger partial charge < -0.3 is 14.9 Å². The van der Waals surface area contributed by atoms with E-state index in [9.17, 15) is 10.2 Å². The van der Waals surface area contributed by atoms with Gasteiger partial charge >= 0.3 is 0 Å². The molecule has 1 spiro atoms. The molecule has 5 rings (SSSR count). The number of aliphatic hydroxyl groups is 2. The average molecular weight is 302 g/mol. The summed E-state index contributed by atoms with van der Waals surface area (Å²) in [5.74, 6) is 0.809. The molecule has 1 aliphatic heterocycles. The summed E-state index contributed by atoms with van der Waals surface area (Å²) < 4.78 is 6.23. The molecule has 5 aliphatic rings. The van der Waals surface area contributed by atoms with E-state index in [1.165, 1.54) is 0 Å². The number of epoxide rings is 1. The van der Waals surface area contributed by atoms with Gasteiger partial charge in [0.2, 0.25) is 0 Å². The molecule has 2 saturated carbocycles. The Morgan fingerprint density at radius 2 is 2.14 bits per heavy atom. The van der Waals surface area contributed by atoms with Crippen molar-refractivity contribution in [3.05, 3.63) is 23.8 Å². The highest BCUT2D eigenvalue weighted by atomic mass is 16.6. The van der Waals surface area contributed by atoms with Gasteiger partial charge in [0, 0.05) is 12.3 Å². The summed E-state index contributed by atoms with van der Waals surface area (Å²) >= 11 is 0. The normalized spacial score (nSPS) is 58.8. The standard InChI is InChI=1S/C19H26O3/c1-17-8-2-3-15(17)18(21)10-6-12-4-5-13(20)11-19(12)16(22-19)14(18)7-9-17/h2,7-8,12-13,15-16,20-21H,3-6,9-11H2,1H3/t12?,13?,15?,16?,17?,18-,19?/m1/s1. The predicted octanol–water partition coefficient (Wildman–Crippen LogP) is 2.72. The molecular weight excluding hydrogens is 276 g/mol. The quantitative estimate of drug-likeness (QED) is 0.534. The van der Waals surface area contributed by atoms with Crippen LogP contribution in [0, 0.1) is 17.3 Å². The average Bonchev–Trinajstić information content (AvgIpc) is 3.00. The van der Waals surface area contributed by atoms with E-state index in [2.05, 4.69) is 25.2 Å². The Hall–Kier alpha value is -0.640. The van der Waals surface area contributed by atoms with Gasteiger partial charge in [-0.3, -0.25) is 0 Å². The minimum absolute atomic E-state index is 0.0603. The lowest BCUT2D eigenvalue weighted by molar-refractivity contribution is -0.0478. The molecule has 3 nitrogen and oxygen atoms in total. The van der Waals surface area contributed by atoms with Crippen molar-refractivity contribution in [2.24, 2.45) is 17.3 Å². The smallest absolute Gasteiger partial charge is 0.112 e. The van der Waals surface area contributed by atoms with Crippen LogP contribution in [0.15, 0.2) is 23.8 Å². The molecule has 6 unspecified atom stereocenters. The molecule has 7 atom stereocenters. The predicted molar refractivity (Wildman–Crippen MR) is 83.2 cm³/mol. The molecule has 3 heteroatoms. The summed E-state index contributed by atoms with van der Waals surface area (Å²) in [7, 11) is 0. The molecule has 2 N–H and O–H groups in total. The maximum Gasteiger partial charge on any atom is 0.112 e. The second-order valence-electron chi connectivity index (χ2n) is 8.61. The molecule has 0 aromatic rings. The number of allylic oxidation sites excluding steroid dienone is 3. The monoisotopic (exact) mass is 302 g/mol. The van der Waals surface area contributed by atoms with Crippen LogP contribution < -0.4 is 0 Å². The molecule has 0 aromatic carbocycles. The number of hydrogen-bond acceptors (Lipinski definition) is 3. The van der Waals surface area contributed by atoms with Crippen molar-refractivity contribution in [3.63, 3.8) is 0 Å². The first kappa shape index (κ1) is 13.8. The molecular formula is C19H26O3. The van der Waals surface area contributed by atoms with Crippen LogP contribution in [0.2, 0.25) is 0 Å². The van der Waals surface area contributed by atoms with Crippen molar-refractivity contribution in [2.45, 2.75) is 75.3 Å². The fourth-order valence-corrected chi connectivity index (χ4v) is 6.21. The molecule has 0 amide bonds. The Kier molecular flexibility index (Phi) is 2.54. The van der Waals surface area contributed by atoms with E-state index in [0.29, 0.717) is 11.8 Å². The third-order valence-electron chi connectivity index (χ3n) is 7.48. The summed E-state index contributed by atoms with van der Waals surface area (Å²) in [6, 6.07) is 0. The largest absolute Gasteiger partial charge is 0.393 e. The lowest BCUT2D eigenvalue weighted by Crippen LogP contribution is -2.49. The van der Waals surface area contributed by atoms with Crippen LogP contribution in [0.3, 0.4) is 0 Å². The van der Waals surface area contributed by atoms with Gasteiger partial charge in [-0.1, -0.05) is 25.2 Å². The van der Waals surface area contributed by atoms with Crippen LogP contribution in [0.1, 0.15) is 51.9 Å². The number of fused-ring (bicyclic) bond motifs is 4. The Labute approximate surface area is 132 Å². The molecule has 3 fully saturated rings. The maximum atomic E-state index is 11.7. The first-order valence-electron chi connectivity index (χ1n) is 8.94. The SMILES string of the molecule is CC12C=CCC1[C@@]1(O)CCC3CCC(O)CC34OC4C1=CC2. The number of hydrogen-bond donors (Lipinski definition) is 2. The van der Waals surface area contributed by atoms with Crippen molar-refractivity contribution in [1.82, 2.24) is 0 Å². The third kappa shape index (κ3) is 1.53. The molecule has 1 saturated heterocycles. The first-order valence-corrected chi connectivity index (χ1v) is 8.94. The highest BCUT2D eigenvalue weighted by molar-refractivity contribution is 5.40. The molecule has 22 heavy (non-hydrogen) atoms. The van der Waals surface area contributed by atoms with E-state index in [1.54, 1.807) is 0 Å². The highest BCUT2D eigenvalue weighted by Crippen LogP contribution is 2.65. The van der Waals surface area contributed by atoms with Gasteiger partial charge in [-0.2, -0.15) is 0 Å². The Morgan fingerprint density at radius 3 is 3.00 bits per heavy atom. The second kappa shape index (κ2) is 4.06. The topological polar surface area (TPSA) is 53.0 Å². The number of rotatable bonds is 0. The minimum Gasteiger partial charge on any atom is -0.393 e. The zero-order valence-corrected chi connectivity index (χ0v) is 13.3. The van der Waals surface area contributed by atoms with Crippen molar-refractivity contribution in [2.75, 3.05) is 0 Å². The molecule has 0 radical (unpaired) electrons. The van der Waals surface area contributed by atoms with Crippen LogP contribution >= 0.6 is 0 Å². The van der Waals surface area contributed by atoms with E-state index >= 15 is 0 Å².